The van der Waals surface area contributed by atoms with Crippen molar-refractivity contribution in [2.75, 3.05) is 13.2 Å². The predicted molar refractivity (Wildman–Crippen MR) is 133 cm³/mol. The SMILES string of the molecule is CCOC(=O)[C@H](Cc1ccc(OC(=O)C(C)C)c(OC(=O)C(C)C)c1)NC(=O)CC[C@H](N)C(=O)OCC. The molecule has 0 aromatic heterocycles. The number of hydrogen-bond donors (Lipinski definition) is 2. The first kappa shape index (κ1) is 31.6. The highest BCUT2D eigenvalue weighted by molar-refractivity contribution is 5.85. The molecule has 0 aliphatic rings. The Morgan fingerprint density at radius 3 is 1.89 bits per heavy atom. The molecule has 0 aliphatic carbocycles. The minimum Gasteiger partial charge on any atom is -0.465 e. The molecule has 2 atom stereocenters. The van der Waals surface area contributed by atoms with Crippen molar-refractivity contribution in [2.45, 2.75) is 72.9 Å². The van der Waals surface area contributed by atoms with E-state index in [2.05, 4.69) is 5.32 Å². The molecule has 0 saturated heterocycles. The fourth-order valence-electron chi connectivity index (χ4n) is 2.89. The highest BCUT2D eigenvalue weighted by Gasteiger charge is 2.25. The molecule has 11 nitrogen and oxygen atoms in total. The van der Waals surface area contributed by atoms with Crippen LogP contribution in [0.4, 0.5) is 0 Å². The van der Waals surface area contributed by atoms with E-state index in [1.54, 1.807) is 47.6 Å². The van der Waals surface area contributed by atoms with Crippen LogP contribution in [0, 0.1) is 11.8 Å². The van der Waals surface area contributed by atoms with E-state index in [4.69, 9.17) is 24.7 Å². The van der Waals surface area contributed by atoms with Gasteiger partial charge in [-0.25, -0.2) is 4.79 Å². The molecule has 0 fully saturated rings. The molecule has 1 aromatic carbocycles. The summed E-state index contributed by atoms with van der Waals surface area (Å²) in [4.78, 5) is 61.1. The molecule has 1 amide bonds. The predicted octanol–water partition coefficient (Wildman–Crippen LogP) is 2.07. The Morgan fingerprint density at radius 2 is 1.35 bits per heavy atom. The van der Waals surface area contributed by atoms with Crippen LogP contribution >= 0.6 is 0 Å². The lowest BCUT2D eigenvalue weighted by molar-refractivity contribution is -0.148. The summed E-state index contributed by atoms with van der Waals surface area (Å²) < 4.78 is 20.7. The molecule has 0 saturated carbocycles. The molecule has 1 aromatic rings. The van der Waals surface area contributed by atoms with Gasteiger partial charge in [-0.15, -0.1) is 0 Å². The summed E-state index contributed by atoms with van der Waals surface area (Å²) in [5.74, 6) is -3.61. The Morgan fingerprint density at radius 1 is 0.811 bits per heavy atom. The van der Waals surface area contributed by atoms with Crippen LogP contribution in [0.1, 0.15) is 59.9 Å². The van der Waals surface area contributed by atoms with Gasteiger partial charge < -0.3 is 30.0 Å². The summed E-state index contributed by atoms with van der Waals surface area (Å²) in [6, 6.07) is 2.49. The van der Waals surface area contributed by atoms with Gasteiger partial charge in [0.05, 0.1) is 25.0 Å². The average Bonchev–Trinajstić information content (AvgIpc) is 2.83. The van der Waals surface area contributed by atoms with E-state index in [1.165, 1.54) is 12.1 Å². The minimum atomic E-state index is -1.07. The quantitative estimate of drug-likeness (QED) is 0.273. The third-order valence-electron chi connectivity index (χ3n) is 4.99. The summed E-state index contributed by atoms with van der Waals surface area (Å²) in [5.41, 5.74) is 6.25. The molecular formula is C26H38N2O9. The zero-order chi connectivity index (χ0) is 28.1. The second kappa shape index (κ2) is 15.6. The Kier molecular flexibility index (Phi) is 13.3. The van der Waals surface area contributed by atoms with Crippen molar-refractivity contribution in [3.8, 4) is 11.5 Å². The van der Waals surface area contributed by atoms with E-state index >= 15 is 0 Å². The van der Waals surface area contributed by atoms with Crippen LogP contribution in [0.2, 0.25) is 0 Å². The number of nitrogens with one attached hydrogen (secondary N) is 1. The maximum absolute atomic E-state index is 12.6. The lowest BCUT2D eigenvalue weighted by Crippen LogP contribution is -2.44. The summed E-state index contributed by atoms with van der Waals surface area (Å²) in [5, 5.41) is 2.60. The minimum absolute atomic E-state index is 0.000854. The van der Waals surface area contributed by atoms with Crippen LogP contribution in [-0.2, 0) is 39.9 Å². The molecule has 0 bridgehead atoms. The number of benzene rings is 1. The van der Waals surface area contributed by atoms with Crippen LogP contribution in [-0.4, -0.2) is 55.1 Å². The molecule has 3 N–H and O–H groups in total. The van der Waals surface area contributed by atoms with E-state index in [9.17, 15) is 24.0 Å². The third-order valence-corrected chi connectivity index (χ3v) is 4.99. The van der Waals surface area contributed by atoms with Crippen LogP contribution < -0.4 is 20.5 Å². The second-order valence-corrected chi connectivity index (χ2v) is 8.91. The van der Waals surface area contributed by atoms with E-state index < -0.39 is 53.7 Å². The van der Waals surface area contributed by atoms with Crippen molar-refractivity contribution >= 4 is 29.8 Å². The lowest BCUT2D eigenvalue weighted by Gasteiger charge is -2.19. The zero-order valence-electron chi connectivity index (χ0n) is 22.3. The largest absolute Gasteiger partial charge is 0.465 e. The topological polar surface area (TPSA) is 160 Å². The molecule has 0 aliphatic heterocycles. The van der Waals surface area contributed by atoms with Crippen LogP contribution in [0.15, 0.2) is 18.2 Å². The Labute approximate surface area is 217 Å². The van der Waals surface area contributed by atoms with Gasteiger partial charge in [0, 0.05) is 12.8 Å². The first-order chi connectivity index (χ1) is 17.4. The number of carbonyl (C=O) groups excluding carboxylic acids is 5. The molecule has 0 unspecified atom stereocenters. The van der Waals surface area contributed by atoms with Gasteiger partial charge in [0.2, 0.25) is 5.91 Å². The average molecular weight is 523 g/mol. The Hall–Kier alpha value is -3.47. The van der Waals surface area contributed by atoms with Gasteiger partial charge in [-0.05, 0) is 38.0 Å². The Balaban J connectivity index is 3.10. The number of carbonyl (C=O) groups is 5. The zero-order valence-corrected chi connectivity index (χ0v) is 22.3. The summed E-state index contributed by atoms with van der Waals surface area (Å²) in [6.07, 6.45) is -0.0815. The Bertz CT molecular complexity index is 959. The van der Waals surface area contributed by atoms with Gasteiger partial charge in [-0.3, -0.25) is 19.2 Å². The molecule has 37 heavy (non-hydrogen) atoms. The van der Waals surface area contributed by atoms with E-state index in [0.29, 0.717) is 5.56 Å². The van der Waals surface area contributed by atoms with Gasteiger partial charge in [0.1, 0.15) is 12.1 Å². The standard InChI is InChI=1S/C26H38N2O9/c1-7-34-25(32)18(27)10-12-22(29)28-19(26(33)35-8-2)13-17-9-11-20(36-23(30)15(3)4)21(14-17)37-24(31)16(5)6/h9,11,14-16,18-19H,7-8,10,12-13,27H2,1-6H3,(H,28,29)/t18-,19-/m0/s1. The monoisotopic (exact) mass is 522 g/mol. The number of amides is 1. The number of ether oxygens (including phenoxy) is 4. The summed E-state index contributed by atoms with van der Waals surface area (Å²) in [7, 11) is 0. The normalized spacial score (nSPS) is 12.5. The number of esters is 4. The van der Waals surface area contributed by atoms with Crippen LogP contribution in [0.25, 0.3) is 0 Å². The molecule has 1 rings (SSSR count). The lowest BCUT2D eigenvalue weighted by atomic mass is 10.0. The van der Waals surface area contributed by atoms with Crippen molar-refractivity contribution < 1.29 is 42.9 Å². The first-order valence-electron chi connectivity index (χ1n) is 12.3. The van der Waals surface area contributed by atoms with Crippen molar-refractivity contribution in [3.05, 3.63) is 23.8 Å². The smallest absolute Gasteiger partial charge is 0.328 e. The van der Waals surface area contributed by atoms with E-state index in [-0.39, 0.29) is 44.0 Å². The number of rotatable bonds is 14. The van der Waals surface area contributed by atoms with Crippen LogP contribution in [0.3, 0.4) is 0 Å². The molecule has 0 radical (unpaired) electrons. The van der Waals surface area contributed by atoms with Gasteiger partial charge in [0.25, 0.3) is 0 Å². The molecule has 0 spiro atoms. The van der Waals surface area contributed by atoms with Gasteiger partial charge in [-0.1, -0.05) is 33.8 Å². The summed E-state index contributed by atoms with van der Waals surface area (Å²) >= 11 is 0. The number of hydrogen-bond acceptors (Lipinski definition) is 10. The van der Waals surface area contributed by atoms with Gasteiger partial charge in [0.15, 0.2) is 11.5 Å². The highest BCUT2D eigenvalue weighted by Crippen LogP contribution is 2.30. The van der Waals surface area contributed by atoms with Crippen molar-refractivity contribution in [3.63, 3.8) is 0 Å². The molecule has 11 heteroatoms. The maximum Gasteiger partial charge on any atom is 0.328 e. The third kappa shape index (κ3) is 11.0. The van der Waals surface area contributed by atoms with Gasteiger partial charge in [-0.2, -0.15) is 0 Å². The van der Waals surface area contributed by atoms with E-state index in [1.807, 2.05) is 0 Å². The number of nitrogens with two attached hydrogens (primary N) is 1. The summed E-state index contributed by atoms with van der Waals surface area (Å²) in [6.45, 7) is 10.2. The van der Waals surface area contributed by atoms with E-state index in [0.717, 1.165) is 0 Å². The molecular weight excluding hydrogens is 484 g/mol. The van der Waals surface area contributed by atoms with Crippen LogP contribution in [0.5, 0.6) is 11.5 Å². The van der Waals surface area contributed by atoms with Crippen molar-refractivity contribution in [1.29, 1.82) is 0 Å². The fourth-order valence-corrected chi connectivity index (χ4v) is 2.89. The molecule has 206 valence electrons. The van der Waals surface area contributed by atoms with Crippen molar-refractivity contribution in [2.24, 2.45) is 17.6 Å². The molecule has 0 heterocycles. The fraction of sp³-hybridized carbons (Fsp3) is 0.577. The second-order valence-electron chi connectivity index (χ2n) is 8.91. The van der Waals surface area contributed by atoms with Gasteiger partial charge >= 0.3 is 23.9 Å². The van der Waals surface area contributed by atoms with Crippen molar-refractivity contribution in [1.82, 2.24) is 5.32 Å². The highest BCUT2D eigenvalue weighted by atomic mass is 16.6. The first-order valence-corrected chi connectivity index (χ1v) is 12.3. The maximum atomic E-state index is 12.6.